The monoisotopic (exact) mass is 338 g/mol. The number of carbonyl (C=O) groups excluding carboxylic acids is 2. The Bertz CT molecular complexity index is 794. The molecule has 25 heavy (non-hydrogen) atoms. The number of phenols is 1. The Morgan fingerprint density at radius 1 is 1.16 bits per heavy atom. The number of para-hydroxylation sites is 1. The fourth-order valence-corrected chi connectivity index (χ4v) is 2.21. The van der Waals surface area contributed by atoms with E-state index in [0.29, 0.717) is 5.69 Å². The molecule has 0 aliphatic rings. The number of aryl methyl sites for hydroxylation is 1. The Hall–Kier alpha value is -3.33. The second kappa shape index (κ2) is 8.50. The van der Waals surface area contributed by atoms with Crippen molar-refractivity contribution in [1.29, 1.82) is 5.26 Å². The molecular weight excluding hydrogens is 320 g/mol. The van der Waals surface area contributed by atoms with Gasteiger partial charge in [0.25, 0.3) is 5.91 Å². The van der Waals surface area contributed by atoms with Gasteiger partial charge in [-0.1, -0.05) is 29.8 Å². The van der Waals surface area contributed by atoms with Crippen molar-refractivity contribution in [2.75, 3.05) is 18.1 Å². The number of nitrogens with zero attached hydrogens (tertiary/aromatic N) is 2. The average molecular weight is 338 g/mol. The fourth-order valence-electron chi connectivity index (χ4n) is 2.21. The maximum atomic E-state index is 12.4. The van der Waals surface area contributed by atoms with Gasteiger partial charge in [0.15, 0.2) is 6.61 Å². The maximum Gasteiger partial charge on any atom is 0.342 e. The summed E-state index contributed by atoms with van der Waals surface area (Å²) in [6, 6.07) is 15.2. The van der Waals surface area contributed by atoms with Crippen molar-refractivity contribution in [1.82, 2.24) is 0 Å². The largest absolute Gasteiger partial charge is 0.507 e. The predicted molar refractivity (Wildman–Crippen MR) is 92.2 cm³/mol. The number of rotatable bonds is 6. The number of ether oxygens (including phenoxy) is 1. The summed E-state index contributed by atoms with van der Waals surface area (Å²) in [4.78, 5) is 25.8. The molecule has 0 aliphatic heterocycles. The summed E-state index contributed by atoms with van der Waals surface area (Å²) in [7, 11) is 0. The topological polar surface area (TPSA) is 90.6 Å². The van der Waals surface area contributed by atoms with Gasteiger partial charge in [-0.2, -0.15) is 5.26 Å². The maximum absolute atomic E-state index is 12.4. The molecule has 0 aromatic heterocycles. The van der Waals surface area contributed by atoms with E-state index in [1.807, 2.05) is 25.1 Å². The van der Waals surface area contributed by atoms with E-state index in [0.717, 1.165) is 5.56 Å². The first-order chi connectivity index (χ1) is 12.0. The van der Waals surface area contributed by atoms with E-state index in [9.17, 15) is 14.7 Å². The van der Waals surface area contributed by atoms with E-state index in [2.05, 4.69) is 0 Å². The van der Waals surface area contributed by atoms with Gasteiger partial charge in [0.05, 0.1) is 12.5 Å². The minimum atomic E-state index is -0.782. The van der Waals surface area contributed by atoms with Gasteiger partial charge in [-0.15, -0.1) is 0 Å². The zero-order valence-corrected chi connectivity index (χ0v) is 13.8. The van der Waals surface area contributed by atoms with Crippen LogP contribution in [-0.2, 0) is 9.53 Å². The van der Waals surface area contributed by atoms with E-state index in [1.54, 1.807) is 24.3 Å². The van der Waals surface area contributed by atoms with Crippen molar-refractivity contribution < 1.29 is 19.4 Å². The fraction of sp³-hybridized carbons (Fsp3) is 0.211. The minimum absolute atomic E-state index is 0.00536. The lowest BCUT2D eigenvalue weighted by Crippen LogP contribution is -2.35. The summed E-state index contributed by atoms with van der Waals surface area (Å²) < 4.78 is 5.00. The lowest BCUT2D eigenvalue weighted by atomic mass is 10.2. The molecule has 2 aromatic rings. The SMILES string of the molecule is Cc1ccc(N(CCC#N)C(=O)COC(=O)c2ccccc2O)cc1. The number of benzene rings is 2. The molecule has 2 rings (SSSR count). The Kier molecular flexibility index (Phi) is 6.13. The second-order valence-electron chi connectivity index (χ2n) is 5.38. The first kappa shape index (κ1) is 18.0. The molecule has 0 radical (unpaired) electrons. The molecule has 1 amide bonds. The van der Waals surface area contributed by atoms with Crippen LogP contribution in [0, 0.1) is 18.3 Å². The number of esters is 1. The predicted octanol–water partition coefficient (Wildman–Crippen LogP) is 2.80. The molecule has 0 spiro atoms. The molecule has 1 N–H and O–H groups in total. The summed E-state index contributed by atoms with van der Waals surface area (Å²) in [5, 5.41) is 18.4. The number of aromatic hydroxyl groups is 1. The average Bonchev–Trinajstić information content (AvgIpc) is 2.61. The van der Waals surface area contributed by atoms with E-state index in [1.165, 1.54) is 17.0 Å². The lowest BCUT2D eigenvalue weighted by Gasteiger charge is -2.21. The van der Waals surface area contributed by atoms with Crippen molar-refractivity contribution in [3.63, 3.8) is 0 Å². The smallest absolute Gasteiger partial charge is 0.342 e. The quantitative estimate of drug-likeness (QED) is 0.818. The van der Waals surface area contributed by atoms with Crippen molar-refractivity contribution in [3.05, 3.63) is 59.7 Å². The van der Waals surface area contributed by atoms with Gasteiger partial charge in [-0.3, -0.25) is 4.79 Å². The van der Waals surface area contributed by atoms with Crippen LogP contribution in [0.25, 0.3) is 0 Å². The second-order valence-corrected chi connectivity index (χ2v) is 5.38. The summed E-state index contributed by atoms with van der Waals surface area (Å²) >= 11 is 0. The minimum Gasteiger partial charge on any atom is -0.507 e. The highest BCUT2D eigenvalue weighted by Gasteiger charge is 2.19. The van der Waals surface area contributed by atoms with Crippen LogP contribution in [0.4, 0.5) is 5.69 Å². The molecule has 0 fully saturated rings. The molecule has 0 unspecified atom stereocenters. The van der Waals surface area contributed by atoms with Gasteiger partial charge in [0.1, 0.15) is 11.3 Å². The normalized spacial score (nSPS) is 9.92. The van der Waals surface area contributed by atoms with Crippen LogP contribution < -0.4 is 4.90 Å². The van der Waals surface area contributed by atoms with E-state index >= 15 is 0 Å². The highest BCUT2D eigenvalue weighted by Crippen LogP contribution is 2.18. The molecule has 128 valence electrons. The number of anilines is 1. The Morgan fingerprint density at radius 3 is 2.48 bits per heavy atom. The molecular formula is C19H18N2O4. The van der Waals surface area contributed by atoms with Gasteiger partial charge in [-0.25, -0.2) is 4.79 Å². The number of nitriles is 1. The van der Waals surface area contributed by atoms with Crippen molar-refractivity contribution in [2.45, 2.75) is 13.3 Å². The van der Waals surface area contributed by atoms with Crippen molar-refractivity contribution >= 4 is 17.6 Å². The Labute approximate surface area is 145 Å². The molecule has 0 saturated carbocycles. The number of hydrogen-bond donors (Lipinski definition) is 1. The standard InChI is InChI=1S/C19H18N2O4/c1-14-7-9-15(10-8-14)21(12-4-11-20)18(23)13-25-19(24)16-5-2-3-6-17(16)22/h2-3,5-10,22H,4,12-13H2,1H3. The molecule has 2 aromatic carbocycles. The summed E-state index contributed by atoms with van der Waals surface area (Å²) in [6.45, 7) is 1.65. The first-order valence-electron chi connectivity index (χ1n) is 7.72. The molecule has 0 aliphatic carbocycles. The van der Waals surface area contributed by atoms with Crippen LogP contribution in [0.5, 0.6) is 5.75 Å². The first-order valence-corrected chi connectivity index (χ1v) is 7.72. The Balaban J connectivity index is 2.07. The molecule has 6 nitrogen and oxygen atoms in total. The van der Waals surface area contributed by atoms with Gasteiger partial charge < -0.3 is 14.7 Å². The third-order valence-corrected chi connectivity index (χ3v) is 3.54. The van der Waals surface area contributed by atoms with Crippen LogP contribution in [0.3, 0.4) is 0 Å². The van der Waals surface area contributed by atoms with Crippen LogP contribution in [-0.4, -0.2) is 30.1 Å². The van der Waals surface area contributed by atoms with Gasteiger partial charge in [-0.05, 0) is 31.2 Å². The van der Waals surface area contributed by atoms with Crippen molar-refractivity contribution in [3.8, 4) is 11.8 Å². The highest BCUT2D eigenvalue weighted by molar-refractivity contribution is 5.98. The van der Waals surface area contributed by atoms with Gasteiger partial charge in [0.2, 0.25) is 0 Å². The third-order valence-electron chi connectivity index (χ3n) is 3.54. The van der Waals surface area contributed by atoms with Crippen LogP contribution in [0.2, 0.25) is 0 Å². The van der Waals surface area contributed by atoms with Crippen LogP contribution >= 0.6 is 0 Å². The third kappa shape index (κ3) is 4.82. The molecule has 0 saturated heterocycles. The summed E-state index contributed by atoms with van der Waals surface area (Å²) in [6.07, 6.45) is 0.160. The molecule has 0 bridgehead atoms. The van der Waals surface area contributed by atoms with Crippen LogP contribution in [0.15, 0.2) is 48.5 Å². The Morgan fingerprint density at radius 2 is 1.84 bits per heavy atom. The lowest BCUT2D eigenvalue weighted by molar-refractivity contribution is -0.121. The molecule has 0 heterocycles. The highest BCUT2D eigenvalue weighted by atomic mass is 16.5. The van der Waals surface area contributed by atoms with E-state index in [4.69, 9.17) is 10.00 Å². The zero-order chi connectivity index (χ0) is 18.2. The van der Waals surface area contributed by atoms with Crippen molar-refractivity contribution in [2.24, 2.45) is 0 Å². The van der Waals surface area contributed by atoms with E-state index < -0.39 is 18.5 Å². The zero-order valence-electron chi connectivity index (χ0n) is 13.8. The number of phenolic OH excluding ortho intramolecular Hbond substituents is 1. The number of hydrogen-bond acceptors (Lipinski definition) is 5. The summed E-state index contributed by atoms with van der Waals surface area (Å²) in [5.41, 5.74) is 1.67. The summed E-state index contributed by atoms with van der Waals surface area (Å²) in [5.74, 6) is -1.43. The molecule has 6 heteroatoms. The van der Waals surface area contributed by atoms with Gasteiger partial charge in [0, 0.05) is 12.2 Å². The van der Waals surface area contributed by atoms with E-state index in [-0.39, 0.29) is 24.3 Å². The van der Waals surface area contributed by atoms with Crippen LogP contribution in [0.1, 0.15) is 22.3 Å². The number of amides is 1. The number of carbonyl (C=O) groups is 2. The molecule has 0 atom stereocenters. The van der Waals surface area contributed by atoms with Gasteiger partial charge >= 0.3 is 5.97 Å².